The Balaban J connectivity index is 1.22. The molecule has 1 unspecified atom stereocenters. The van der Waals surface area contributed by atoms with Crippen LogP contribution in [-0.4, -0.2) is 4.98 Å². The number of benzene rings is 6. The Bertz CT molecular complexity index is 3130. The van der Waals surface area contributed by atoms with Gasteiger partial charge in [0.2, 0.25) is 0 Å². The molecule has 10 rings (SSSR count). The monoisotopic (exact) mass is 826 g/mol. The van der Waals surface area contributed by atoms with Gasteiger partial charge in [-0.1, -0.05) is 173 Å². The Morgan fingerprint density at radius 1 is 0.734 bits per heavy atom. The molecule has 0 saturated carbocycles. The molecule has 0 bridgehead atoms. The van der Waals surface area contributed by atoms with Gasteiger partial charge in [-0.05, 0) is 117 Å². The number of allylic oxidation sites excluding steroid dienone is 5. The Hall–Kier alpha value is -7.75. The molecular weight excluding hydrogens is 777 g/mol. The van der Waals surface area contributed by atoms with Crippen LogP contribution in [0.2, 0.25) is 0 Å². The van der Waals surface area contributed by atoms with Gasteiger partial charge in [0.05, 0.1) is 11.1 Å². The molecule has 0 spiro atoms. The zero-order valence-electron chi connectivity index (χ0n) is 36.3. The van der Waals surface area contributed by atoms with Gasteiger partial charge in [-0.25, -0.2) is 0 Å². The van der Waals surface area contributed by atoms with Gasteiger partial charge in [-0.3, -0.25) is 4.98 Å². The van der Waals surface area contributed by atoms with Gasteiger partial charge in [-0.15, -0.1) is 0 Å². The van der Waals surface area contributed by atoms with Crippen LogP contribution in [0.4, 0.5) is 11.4 Å². The molecule has 0 fully saturated rings. The summed E-state index contributed by atoms with van der Waals surface area (Å²) in [4.78, 5) is 6.71. The van der Waals surface area contributed by atoms with Crippen molar-refractivity contribution in [1.82, 2.24) is 4.98 Å². The maximum atomic E-state index is 6.42. The van der Waals surface area contributed by atoms with Crippen molar-refractivity contribution in [2.75, 3.05) is 4.90 Å². The highest BCUT2D eigenvalue weighted by atomic mass is 16.3. The first-order valence-corrected chi connectivity index (χ1v) is 22.2. The standard InChI is InChI=1S/C61H50N2O/c1-6-21-47(7-2)63(48-28-18-22-43(38-48)44-23-20-35-62-40-44)56-39-55-59(50(9-4)49(56)8-3)52-34-33-42(36-41(5)51-30-19-32-58-60(51)53-29-16-17-31-57(53)64-58)37-54(52)61(55,45-24-12-10-13-25-45)46-26-14-11-15-27-46/h6-18,20-31,33-35,37-41H,1-4,19,32,36H2,5H3/b47-21+. The topological polar surface area (TPSA) is 29.3 Å². The number of nitrogens with zero attached hydrogens (tertiary/aromatic N) is 2. The smallest absolute Gasteiger partial charge is 0.134 e. The van der Waals surface area contributed by atoms with Crippen molar-refractivity contribution in [3.63, 3.8) is 0 Å². The second kappa shape index (κ2) is 16.8. The summed E-state index contributed by atoms with van der Waals surface area (Å²) in [5.74, 6) is 1.37. The number of furan rings is 1. The van der Waals surface area contributed by atoms with Gasteiger partial charge in [0.15, 0.2) is 0 Å². The molecule has 0 radical (unpaired) electrons. The summed E-state index contributed by atoms with van der Waals surface area (Å²) >= 11 is 0. The van der Waals surface area contributed by atoms with Gasteiger partial charge < -0.3 is 9.32 Å². The number of fused-ring (bicyclic) bond motifs is 6. The van der Waals surface area contributed by atoms with Crippen LogP contribution in [0.25, 0.3) is 50.9 Å². The molecule has 3 nitrogen and oxygen atoms in total. The maximum Gasteiger partial charge on any atom is 0.134 e. The molecule has 3 heteroatoms. The Labute approximate surface area is 377 Å². The minimum Gasteiger partial charge on any atom is -0.460 e. The zero-order valence-corrected chi connectivity index (χ0v) is 36.3. The lowest BCUT2D eigenvalue weighted by Gasteiger charge is -2.36. The van der Waals surface area contributed by atoms with E-state index in [0.717, 1.165) is 75.5 Å². The van der Waals surface area contributed by atoms with Gasteiger partial charge in [0.25, 0.3) is 0 Å². The van der Waals surface area contributed by atoms with Gasteiger partial charge in [0.1, 0.15) is 11.3 Å². The Morgan fingerprint density at radius 3 is 2.17 bits per heavy atom. The normalized spacial score (nSPS) is 14.1. The van der Waals surface area contributed by atoms with Crippen molar-refractivity contribution in [2.24, 2.45) is 5.92 Å². The number of rotatable bonds is 13. The van der Waals surface area contributed by atoms with Crippen molar-refractivity contribution < 1.29 is 4.42 Å². The van der Waals surface area contributed by atoms with E-state index in [9.17, 15) is 0 Å². The van der Waals surface area contributed by atoms with Crippen LogP contribution in [0.1, 0.15) is 63.6 Å². The van der Waals surface area contributed by atoms with E-state index < -0.39 is 5.41 Å². The van der Waals surface area contributed by atoms with Crippen LogP contribution in [0, 0.1) is 5.92 Å². The third kappa shape index (κ3) is 6.55. The summed E-state index contributed by atoms with van der Waals surface area (Å²) in [6, 6.07) is 52.8. The lowest BCUT2D eigenvalue weighted by atomic mass is 9.67. The van der Waals surface area contributed by atoms with E-state index in [0.29, 0.717) is 0 Å². The summed E-state index contributed by atoms with van der Waals surface area (Å²) in [6.45, 7) is 19.8. The first-order valence-electron chi connectivity index (χ1n) is 22.2. The Morgan fingerprint density at radius 2 is 1.47 bits per heavy atom. The molecule has 64 heavy (non-hydrogen) atoms. The second-order valence-corrected chi connectivity index (χ2v) is 16.8. The number of para-hydroxylation sites is 1. The van der Waals surface area contributed by atoms with E-state index in [-0.39, 0.29) is 5.92 Å². The summed E-state index contributed by atoms with van der Waals surface area (Å²) in [5, 5.41) is 1.21. The third-order valence-corrected chi connectivity index (χ3v) is 13.2. The second-order valence-electron chi connectivity index (χ2n) is 16.8. The van der Waals surface area contributed by atoms with Crippen LogP contribution >= 0.6 is 0 Å². The van der Waals surface area contributed by atoms with E-state index >= 15 is 0 Å². The molecule has 2 heterocycles. The van der Waals surface area contributed by atoms with E-state index in [1.807, 2.05) is 42.6 Å². The average Bonchev–Trinajstić information content (AvgIpc) is 3.88. The van der Waals surface area contributed by atoms with Crippen molar-refractivity contribution in [1.29, 1.82) is 0 Å². The zero-order chi connectivity index (χ0) is 43.8. The largest absolute Gasteiger partial charge is 0.460 e. The highest BCUT2D eigenvalue weighted by Gasteiger charge is 2.48. The highest BCUT2D eigenvalue weighted by Crippen LogP contribution is 2.60. The lowest BCUT2D eigenvalue weighted by Crippen LogP contribution is -2.29. The summed E-state index contributed by atoms with van der Waals surface area (Å²) in [7, 11) is 0. The lowest BCUT2D eigenvalue weighted by molar-refractivity contribution is 0.542. The number of aromatic nitrogens is 1. The molecule has 2 aromatic heterocycles. The quantitative estimate of drug-likeness (QED) is 0.108. The first-order chi connectivity index (χ1) is 31.5. The van der Waals surface area contributed by atoms with Gasteiger partial charge in [-0.2, -0.15) is 0 Å². The van der Waals surface area contributed by atoms with Gasteiger partial charge in [0, 0.05) is 52.3 Å². The average molecular weight is 827 g/mol. The van der Waals surface area contributed by atoms with Crippen molar-refractivity contribution in [2.45, 2.75) is 31.6 Å². The summed E-state index contributed by atoms with van der Waals surface area (Å²) < 4.78 is 6.42. The molecule has 0 N–H and O–H groups in total. The maximum absolute atomic E-state index is 6.42. The molecule has 8 aromatic rings. The SMILES string of the molecule is C=C/C=C(\C=C)N(c1cccc(-c2cccnc2)c1)c1cc2c(c(C=C)c1C=C)-c1ccc(CC(C)C3=CCCc4oc5ccccc5c43)cc1C2(c1ccccc1)c1ccccc1. The van der Waals surface area contributed by atoms with Crippen LogP contribution in [-0.2, 0) is 18.3 Å². The molecule has 0 saturated heterocycles. The van der Waals surface area contributed by atoms with Crippen LogP contribution in [0.5, 0.6) is 0 Å². The summed E-state index contributed by atoms with van der Waals surface area (Å²) in [5.41, 5.74) is 18.3. The fourth-order valence-electron chi connectivity index (χ4n) is 10.6. The van der Waals surface area contributed by atoms with E-state index in [1.165, 1.54) is 49.9 Å². The fourth-order valence-corrected chi connectivity index (χ4v) is 10.6. The summed E-state index contributed by atoms with van der Waals surface area (Å²) in [6.07, 6.45) is 18.7. The van der Waals surface area contributed by atoms with E-state index in [4.69, 9.17) is 4.42 Å². The molecule has 0 amide bonds. The molecule has 6 aromatic carbocycles. The number of hydrogen-bond acceptors (Lipinski definition) is 3. The predicted octanol–water partition coefficient (Wildman–Crippen LogP) is 15.7. The third-order valence-electron chi connectivity index (χ3n) is 13.2. The minimum absolute atomic E-state index is 0.261. The number of pyridine rings is 1. The fraction of sp³-hybridized carbons (Fsp3) is 0.0984. The number of anilines is 2. The van der Waals surface area contributed by atoms with Crippen molar-refractivity contribution in [3.8, 4) is 22.3 Å². The Kier molecular flexibility index (Phi) is 10.6. The minimum atomic E-state index is -0.684. The molecule has 1 atom stereocenters. The first kappa shape index (κ1) is 40.3. The predicted molar refractivity (Wildman–Crippen MR) is 270 cm³/mol. The van der Waals surface area contributed by atoms with Crippen molar-refractivity contribution >= 4 is 40.1 Å². The molecule has 0 aliphatic heterocycles. The van der Waals surface area contributed by atoms with Crippen LogP contribution in [0.3, 0.4) is 0 Å². The van der Waals surface area contributed by atoms with E-state index in [1.54, 1.807) is 6.20 Å². The van der Waals surface area contributed by atoms with Crippen LogP contribution < -0.4 is 4.90 Å². The number of aryl methyl sites for hydroxylation is 1. The number of hydrogen-bond donors (Lipinski definition) is 0. The van der Waals surface area contributed by atoms with E-state index in [2.05, 4.69) is 189 Å². The molecule has 2 aliphatic carbocycles. The van der Waals surface area contributed by atoms with Gasteiger partial charge >= 0.3 is 0 Å². The highest BCUT2D eigenvalue weighted by molar-refractivity contribution is 5.98. The van der Waals surface area contributed by atoms with Crippen molar-refractivity contribution in [3.05, 3.63) is 265 Å². The molecule has 2 aliphatic rings. The molecule has 310 valence electrons. The van der Waals surface area contributed by atoms with Crippen LogP contribution in [0.15, 0.2) is 219 Å². The molecular formula is C61H50N2O.